The number of benzene rings is 1. The maximum Gasteiger partial charge on any atom is 0.201 e. The molecular formula is C14H17N5O. The summed E-state index contributed by atoms with van der Waals surface area (Å²) in [7, 11) is 3.56. The van der Waals surface area contributed by atoms with Crippen molar-refractivity contribution < 1.29 is 4.74 Å². The van der Waals surface area contributed by atoms with Gasteiger partial charge in [0.05, 0.1) is 24.3 Å². The number of aryl methyl sites for hydroxylation is 3. The van der Waals surface area contributed by atoms with E-state index in [4.69, 9.17) is 10.5 Å². The number of aromatic nitrogens is 4. The lowest BCUT2D eigenvalue weighted by Gasteiger charge is -2.05. The van der Waals surface area contributed by atoms with Crippen molar-refractivity contribution in [2.75, 3.05) is 12.8 Å². The van der Waals surface area contributed by atoms with E-state index in [0.717, 1.165) is 29.7 Å². The third-order valence-corrected chi connectivity index (χ3v) is 3.37. The molecule has 6 heteroatoms. The van der Waals surface area contributed by atoms with Gasteiger partial charge in [-0.3, -0.25) is 4.68 Å². The summed E-state index contributed by atoms with van der Waals surface area (Å²) in [4.78, 5) is 4.38. The number of nitrogens with two attached hydrogens (primary N) is 1. The van der Waals surface area contributed by atoms with Crippen LogP contribution in [0, 0.1) is 0 Å². The second-order valence-electron chi connectivity index (χ2n) is 4.75. The van der Waals surface area contributed by atoms with Gasteiger partial charge in [0.2, 0.25) is 5.95 Å². The Hall–Kier alpha value is -2.50. The minimum Gasteiger partial charge on any atom is -0.497 e. The molecule has 0 aliphatic heterocycles. The van der Waals surface area contributed by atoms with Gasteiger partial charge in [-0.15, -0.1) is 0 Å². The van der Waals surface area contributed by atoms with E-state index in [2.05, 4.69) is 10.1 Å². The number of hydrogen-bond acceptors (Lipinski definition) is 4. The molecule has 104 valence electrons. The Bertz CT molecular complexity index is 743. The van der Waals surface area contributed by atoms with Crippen LogP contribution >= 0.6 is 0 Å². The normalized spacial score (nSPS) is 11.1. The molecule has 0 fully saturated rings. The molecule has 20 heavy (non-hydrogen) atoms. The summed E-state index contributed by atoms with van der Waals surface area (Å²) >= 11 is 0. The maximum atomic E-state index is 6.00. The van der Waals surface area contributed by atoms with E-state index in [1.54, 1.807) is 11.8 Å². The fraction of sp³-hybridized carbons (Fsp3) is 0.286. The molecule has 3 rings (SSSR count). The van der Waals surface area contributed by atoms with E-state index in [1.165, 1.54) is 5.56 Å². The van der Waals surface area contributed by atoms with Crippen molar-refractivity contribution in [2.24, 2.45) is 7.05 Å². The van der Waals surface area contributed by atoms with Crippen LogP contribution in [0.2, 0.25) is 0 Å². The first-order valence-electron chi connectivity index (χ1n) is 6.44. The summed E-state index contributed by atoms with van der Waals surface area (Å²) in [5.74, 6) is 1.31. The first kappa shape index (κ1) is 12.5. The van der Waals surface area contributed by atoms with Gasteiger partial charge < -0.3 is 15.0 Å². The van der Waals surface area contributed by atoms with E-state index >= 15 is 0 Å². The van der Waals surface area contributed by atoms with Gasteiger partial charge in [-0.05, 0) is 24.1 Å². The zero-order valence-electron chi connectivity index (χ0n) is 11.6. The topological polar surface area (TPSA) is 70.9 Å². The summed E-state index contributed by atoms with van der Waals surface area (Å²) in [6.45, 7) is 0.778. The highest BCUT2D eigenvalue weighted by Crippen LogP contribution is 2.23. The van der Waals surface area contributed by atoms with Gasteiger partial charge in [0.1, 0.15) is 5.75 Å². The van der Waals surface area contributed by atoms with E-state index in [9.17, 15) is 0 Å². The first-order valence-corrected chi connectivity index (χ1v) is 6.44. The molecule has 0 atom stereocenters. The van der Waals surface area contributed by atoms with E-state index < -0.39 is 0 Å². The lowest BCUT2D eigenvalue weighted by molar-refractivity contribution is 0.415. The minimum absolute atomic E-state index is 0.525. The summed E-state index contributed by atoms with van der Waals surface area (Å²) in [5.41, 5.74) is 9.06. The van der Waals surface area contributed by atoms with Gasteiger partial charge in [0.15, 0.2) is 0 Å². The molecule has 2 heterocycles. The Kier molecular flexibility index (Phi) is 3.06. The molecule has 6 nitrogen and oxygen atoms in total. The average molecular weight is 271 g/mol. The first-order chi connectivity index (χ1) is 9.67. The Morgan fingerprint density at radius 3 is 2.90 bits per heavy atom. The number of hydrogen-bond donors (Lipinski definition) is 1. The van der Waals surface area contributed by atoms with Gasteiger partial charge in [-0.1, -0.05) is 0 Å². The standard InChI is InChI=1S/C14H17N5O/c1-18-9-10(8-16-18)5-6-19-13-4-3-11(20-2)7-12(13)17-14(19)15/h3-4,7-9H,5-6H2,1-2H3,(H2,15,17). The lowest BCUT2D eigenvalue weighted by atomic mass is 10.2. The zero-order valence-corrected chi connectivity index (χ0v) is 11.6. The second kappa shape index (κ2) is 4.88. The Morgan fingerprint density at radius 1 is 1.35 bits per heavy atom. The SMILES string of the molecule is COc1ccc2c(c1)nc(N)n2CCc1cnn(C)c1. The highest BCUT2D eigenvalue weighted by atomic mass is 16.5. The Labute approximate surface area is 116 Å². The molecule has 1 aromatic carbocycles. The summed E-state index contributed by atoms with van der Waals surface area (Å²) in [6.07, 6.45) is 4.76. The third kappa shape index (κ3) is 2.20. The number of methoxy groups -OCH3 is 1. The molecule has 2 N–H and O–H groups in total. The fourth-order valence-electron chi connectivity index (χ4n) is 2.33. The molecule has 0 saturated carbocycles. The molecule has 0 aliphatic rings. The van der Waals surface area contributed by atoms with Crippen molar-refractivity contribution in [1.82, 2.24) is 19.3 Å². The van der Waals surface area contributed by atoms with Crippen LogP contribution in [0.4, 0.5) is 5.95 Å². The summed E-state index contributed by atoms with van der Waals surface area (Å²) in [6, 6.07) is 5.80. The number of nitrogen functional groups attached to an aromatic ring is 1. The summed E-state index contributed by atoms with van der Waals surface area (Å²) in [5, 5.41) is 4.17. The van der Waals surface area contributed by atoms with E-state index in [-0.39, 0.29) is 0 Å². The monoisotopic (exact) mass is 271 g/mol. The number of imidazole rings is 1. The van der Waals surface area contributed by atoms with Crippen LogP contribution in [0.15, 0.2) is 30.6 Å². The van der Waals surface area contributed by atoms with Crippen molar-refractivity contribution in [3.05, 3.63) is 36.2 Å². The average Bonchev–Trinajstić information content (AvgIpc) is 2.98. The van der Waals surface area contributed by atoms with Crippen LogP contribution in [0.25, 0.3) is 11.0 Å². The van der Waals surface area contributed by atoms with Crippen LogP contribution < -0.4 is 10.5 Å². The van der Waals surface area contributed by atoms with Crippen LogP contribution in [-0.2, 0) is 20.0 Å². The van der Waals surface area contributed by atoms with Crippen molar-refractivity contribution >= 4 is 17.0 Å². The molecule has 0 saturated heterocycles. The number of nitrogens with zero attached hydrogens (tertiary/aromatic N) is 4. The summed E-state index contributed by atoms with van der Waals surface area (Å²) < 4.78 is 9.02. The predicted molar refractivity (Wildman–Crippen MR) is 77.6 cm³/mol. The quantitative estimate of drug-likeness (QED) is 0.782. The van der Waals surface area contributed by atoms with Crippen LogP contribution in [-0.4, -0.2) is 26.4 Å². The Balaban J connectivity index is 1.89. The molecule has 0 aliphatic carbocycles. The molecule has 3 aromatic rings. The molecular weight excluding hydrogens is 254 g/mol. The van der Waals surface area contributed by atoms with Crippen molar-refractivity contribution in [3.63, 3.8) is 0 Å². The number of fused-ring (bicyclic) bond motifs is 1. The highest BCUT2D eigenvalue weighted by Gasteiger charge is 2.09. The maximum absolute atomic E-state index is 6.00. The molecule has 0 spiro atoms. The Morgan fingerprint density at radius 2 is 2.20 bits per heavy atom. The smallest absolute Gasteiger partial charge is 0.201 e. The number of anilines is 1. The largest absolute Gasteiger partial charge is 0.497 e. The van der Waals surface area contributed by atoms with Gasteiger partial charge >= 0.3 is 0 Å². The highest BCUT2D eigenvalue weighted by molar-refractivity contribution is 5.79. The molecule has 0 radical (unpaired) electrons. The molecule has 0 bridgehead atoms. The number of rotatable bonds is 4. The second-order valence-corrected chi connectivity index (χ2v) is 4.75. The number of ether oxygens (including phenoxy) is 1. The van der Waals surface area contributed by atoms with Crippen LogP contribution in [0.5, 0.6) is 5.75 Å². The third-order valence-electron chi connectivity index (χ3n) is 3.37. The van der Waals surface area contributed by atoms with E-state index in [0.29, 0.717) is 5.95 Å². The van der Waals surface area contributed by atoms with Gasteiger partial charge in [0, 0.05) is 25.9 Å². The minimum atomic E-state index is 0.525. The van der Waals surface area contributed by atoms with Gasteiger partial charge in [-0.2, -0.15) is 5.10 Å². The van der Waals surface area contributed by atoms with E-state index in [1.807, 2.05) is 42.2 Å². The fourth-order valence-corrected chi connectivity index (χ4v) is 2.33. The molecule has 2 aromatic heterocycles. The van der Waals surface area contributed by atoms with Crippen molar-refractivity contribution in [2.45, 2.75) is 13.0 Å². The zero-order chi connectivity index (χ0) is 14.1. The van der Waals surface area contributed by atoms with Gasteiger partial charge in [-0.25, -0.2) is 4.98 Å². The molecule has 0 amide bonds. The van der Waals surface area contributed by atoms with Crippen molar-refractivity contribution in [1.29, 1.82) is 0 Å². The van der Waals surface area contributed by atoms with Crippen LogP contribution in [0.3, 0.4) is 0 Å². The predicted octanol–water partition coefficient (Wildman–Crippen LogP) is 1.60. The van der Waals surface area contributed by atoms with Crippen LogP contribution in [0.1, 0.15) is 5.56 Å². The van der Waals surface area contributed by atoms with Crippen molar-refractivity contribution in [3.8, 4) is 5.75 Å². The van der Waals surface area contributed by atoms with Gasteiger partial charge in [0.25, 0.3) is 0 Å². The lowest BCUT2D eigenvalue weighted by Crippen LogP contribution is -2.05. The molecule has 0 unspecified atom stereocenters.